The SMILES string of the molecule is O=C(O)c1ccc2c(c1)[C@@H]1C=CC[C@H]1[C@H](c1ccccc1[N+](=O)[O-])N2. The van der Waals surface area contributed by atoms with Gasteiger partial charge in [0.05, 0.1) is 22.1 Å². The quantitative estimate of drug-likeness (QED) is 0.500. The molecule has 1 aliphatic carbocycles. The lowest BCUT2D eigenvalue weighted by Crippen LogP contribution is -2.29. The first-order chi connectivity index (χ1) is 12.1. The second-order valence-corrected chi connectivity index (χ2v) is 6.40. The van der Waals surface area contributed by atoms with E-state index in [9.17, 15) is 20.0 Å². The molecule has 6 nitrogen and oxygen atoms in total. The van der Waals surface area contributed by atoms with Gasteiger partial charge in [-0.3, -0.25) is 10.1 Å². The van der Waals surface area contributed by atoms with Crippen LogP contribution in [0.1, 0.15) is 39.9 Å². The van der Waals surface area contributed by atoms with Crippen molar-refractivity contribution in [1.29, 1.82) is 0 Å². The summed E-state index contributed by atoms with van der Waals surface area (Å²) in [6.07, 6.45) is 4.95. The summed E-state index contributed by atoms with van der Waals surface area (Å²) in [4.78, 5) is 22.3. The van der Waals surface area contributed by atoms with Gasteiger partial charge in [-0.2, -0.15) is 0 Å². The topological polar surface area (TPSA) is 92.5 Å². The number of rotatable bonds is 3. The van der Waals surface area contributed by atoms with Crippen LogP contribution >= 0.6 is 0 Å². The minimum atomic E-state index is -0.956. The molecule has 0 amide bonds. The van der Waals surface area contributed by atoms with Gasteiger partial charge in [0, 0.05) is 17.7 Å². The van der Waals surface area contributed by atoms with Gasteiger partial charge in [-0.1, -0.05) is 30.4 Å². The van der Waals surface area contributed by atoms with Gasteiger partial charge in [0.25, 0.3) is 5.69 Å². The van der Waals surface area contributed by atoms with Crippen LogP contribution in [0, 0.1) is 16.0 Å². The van der Waals surface area contributed by atoms with Crippen LogP contribution in [0.15, 0.2) is 54.6 Å². The first-order valence-electron chi connectivity index (χ1n) is 8.10. The summed E-state index contributed by atoms with van der Waals surface area (Å²) in [6.45, 7) is 0. The molecule has 2 aromatic rings. The summed E-state index contributed by atoms with van der Waals surface area (Å²) >= 11 is 0. The van der Waals surface area contributed by atoms with E-state index in [-0.39, 0.29) is 34.1 Å². The molecular weight excluding hydrogens is 320 g/mol. The van der Waals surface area contributed by atoms with E-state index in [1.807, 2.05) is 6.07 Å². The number of carboxylic acid groups (broad SMARTS) is 1. The van der Waals surface area contributed by atoms with Gasteiger partial charge in [0.2, 0.25) is 0 Å². The van der Waals surface area contributed by atoms with E-state index in [1.165, 1.54) is 6.07 Å². The summed E-state index contributed by atoms with van der Waals surface area (Å²) in [5, 5.41) is 24.1. The standard InChI is InChI=1S/C19H16N2O4/c22-19(23)11-8-9-16-15(10-11)12-5-3-6-13(12)18(20-16)14-4-1-2-7-17(14)21(24)25/h1-5,7-10,12-13,18,20H,6H2,(H,22,23)/t12-,13-,18-/m1/s1. The highest BCUT2D eigenvalue weighted by Crippen LogP contribution is 2.51. The Kier molecular flexibility index (Phi) is 3.53. The summed E-state index contributed by atoms with van der Waals surface area (Å²) in [7, 11) is 0. The van der Waals surface area contributed by atoms with E-state index >= 15 is 0 Å². The molecule has 2 aliphatic rings. The number of aromatic carboxylic acids is 1. The second kappa shape index (κ2) is 5.73. The predicted molar refractivity (Wildman–Crippen MR) is 92.8 cm³/mol. The van der Waals surface area contributed by atoms with Crippen LogP contribution in [0.5, 0.6) is 0 Å². The number of nitrogens with zero attached hydrogens (tertiary/aromatic N) is 1. The van der Waals surface area contributed by atoms with Crippen molar-refractivity contribution in [2.24, 2.45) is 5.92 Å². The van der Waals surface area contributed by atoms with Gasteiger partial charge < -0.3 is 10.4 Å². The maximum absolute atomic E-state index is 11.4. The Labute approximate surface area is 144 Å². The summed E-state index contributed by atoms with van der Waals surface area (Å²) in [6, 6.07) is 11.6. The molecular formula is C19H16N2O4. The van der Waals surface area contributed by atoms with Crippen LogP contribution in [0.3, 0.4) is 0 Å². The van der Waals surface area contributed by atoms with Crippen LogP contribution in [-0.2, 0) is 0 Å². The number of hydrogen-bond acceptors (Lipinski definition) is 4. The molecule has 0 aromatic heterocycles. The van der Waals surface area contributed by atoms with Gasteiger partial charge in [0.1, 0.15) is 0 Å². The lowest BCUT2D eigenvalue weighted by molar-refractivity contribution is -0.385. The van der Waals surface area contributed by atoms with Gasteiger partial charge >= 0.3 is 5.97 Å². The highest BCUT2D eigenvalue weighted by Gasteiger charge is 2.40. The molecule has 6 heteroatoms. The number of allylic oxidation sites excluding steroid dienone is 2. The minimum absolute atomic E-state index is 0.0559. The van der Waals surface area contributed by atoms with Crippen molar-refractivity contribution in [3.05, 3.63) is 81.4 Å². The zero-order chi connectivity index (χ0) is 17.6. The van der Waals surface area contributed by atoms with Gasteiger partial charge in [-0.05, 0) is 36.1 Å². The monoisotopic (exact) mass is 336 g/mol. The molecule has 126 valence electrons. The zero-order valence-corrected chi connectivity index (χ0v) is 13.3. The molecule has 0 radical (unpaired) electrons. The molecule has 3 atom stereocenters. The number of para-hydroxylation sites is 1. The summed E-state index contributed by atoms with van der Waals surface area (Å²) < 4.78 is 0. The van der Waals surface area contributed by atoms with Crippen molar-refractivity contribution in [2.45, 2.75) is 18.4 Å². The summed E-state index contributed by atoms with van der Waals surface area (Å²) in [5.41, 5.74) is 2.80. The van der Waals surface area contributed by atoms with Crippen LogP contribution < -0.4 is 5.32 Å². The molecule has 0 saturated carbocycles. The van der Waals surface area contributed by atoms with E-state index < -0.39 is 5.97 Å². The predicted octanol–water partition coefficient (Wildman–Crippen LogP) is 4.12. The largest absolute Gasteiger partial charge is 0.478 e. The van der Waals surface area contributed by atoms with Crippen molar-refractivity contribution in [1.82, 2.24) is 0 Å². The lowest BCUT2D eigenvalue weighted by Gasteiger charge is -2.37. The normalized spacial score (nSPS) is 23.4. The third-order valence-electron chi connectivity index (χ3n) is 5.08. The molecule has 25 heavy (non-hydrogen) atoms. The molecule has 0 spiro atoms. The van der Waals surface area contributed by atoms with Crippen molar-refractivity contribution in [3.8, 4) is 0 Å². The second-order valence-electron chi connectivity index (χ2n) is 6.40. The first-order valence-corrected chi connectivity index (χ1v) is 8.10. The maximum Gasteiger partial charge on any atom is 0.335 e. The summed E-state index contributed by atoms with van der Waals surface area (Å²) in [5.74, 6) is -0.778. The molecule has 0 bridgehead atoms. The molecule has 1 aliphatic heterocycles. The highest BCUT2D eigenvalue weighted by molar-refractivity contribution is 5.89. The maximum atomic E-state index is 11.4. The Morgan fingerprint density at radius 2 is 2.00 bits per heavy atom. The van der Waals surface area contributed by atoms with Gasteiger partial charge in [0.15, 0.2) is 0 Å². The Balaban J connectivity index is 1.81. The van der Waals surface area contributed by atoms with E-state index in [0.717, 1.165) is 17.7 Å². The number of anilines is 1. The molecule has 0 saturated heterocycles. The zero-order valence-electron chi connectivity index (χ0n) is 13.3. The Morgan fingerprint density at radius 3 is 2.76 bits per heavy atom. The first kappa shape index (κ1) is 15.4. The third-order valence-corrected chi connectivity index (χ3v) is 5.08. The number of nitro groups is 1. The fraction of sp³-hybridized carbons (Fsp3) is 0.211. The number of carbonyl (C=O) groups is 1. The molecule has 1 heterocycles. The Bertz CT molecular complexity index is 906. The van der Waals surface area contributed by atoms with E-state index in [1.54, 1.807) is 30.3 Å². The Morgan fingerprint density at radius 1 is 1.20 bits per heavy atom. The molecule has 2 N–H and O–H groups in total. The van der Waals surface area contributed by atoms with E-state index in [0.29, 0.717) is 5.56 Å². The minimum Gasteiger partial charge on any atom is -0.478 e. The van der Waals surface area contributed by atoms with Crippen molar-refractivity contribution >= 4 is 17.3 Å². The third kappa shape index (κ3) is 2.46. The number of fused-ring (bicyclic) bond motifs is 3. The van der Waals surface area contributed by atoms with Crippen molar-refractivity contribution in [3.63, 3.8) is 0 Å². The number of nitro benzene ring substituents is 1. The van der Waals surface area contributed by atoms with Crippen LogP contribution in [-0.4, -0.2) is 16.0 Å². The fourth-order valence-corrected chi connectivity index (χ4v) is 3.95. The lowest BCUT2D eigenvalue weighted by atomic mass is 9.76. The molecule has 0 unspecified atom stereocenters. The van der Waals surface area contributed by atoms with E-state index in [2.05, 4.69) is 17.5 Å². The highest BCUT2D eigenvalue weighted by atomic mass is 16.6. The fourth-order valence-electron chi connectivity index (χ4n) is 3.95. The van der Waals surface area contributed by atoms with Gasteiger partial charge in [-0.15, -0.1) is 0 Å². The van der Waals surface area contributed by atoms with Crippen molar-refractivity contribution in [2.75, 3.05) is 5.32 Å². The van der Waals surface area contributed by atoms with Crippen LogP contribution in [0.4, 0.5) is 11.4 Å². The molecule has 2 aromatic carbocycles. The van der Waals surface area contributed by atoms with Crippen LogP contribution in [0.25, 0.3) is 0 Å². The molecule has 0 fully saturated rings. The van der Waals surface area contributed by atoms with Gasteiger partial charge in [-0.25, -0.2) is 4.79 Å². The van der Waals surface area contributed by atoms with Crippen molar-refractivity contribution < 1.29 is 14.8 Å². The average molecular weight is 336 g/mol. The number of carboxylic acids is 1. The number of nitrogens with one attached hydrogen (secondary N) is 1. The van der Waals surface area contributed by atoms with E-state index in [4.69, 9.17) is 0 Å². The molecule has 4 rings (SSSR count). The average Bonchev–Trinajstić information content (AvgIpc) is 3.10. The number of hydrogen-bond donors (Lipinski definition) is 2. The Hall–Kier alpha value is -3.15. The number of benzene rings is 2. The van der Waals surface area contributed by atoms with Crippen LogP contribution in [0.2, 0.25) is 0 Å². The smallest absolute Gasteiger partial charge is 0.335 e.